The van der Waals surface area contributed by atoms with Crippen molar-refractivity contribution < 1.29 is 13.8 Å². The van der Waals surface area contributed by atoms with Gasteiger partial charge in [-0.3, -0.25) is 24.6 Å². The first kappa shape index (κ1) is 9.85. The van der Waals surface area contributed by atoms with Crippen LogP contribution in [0.2, 0.25) is 0 Å². The van der Waals surface area contributed by atoms with Crippen LogP contribution in [0.5, 0.6) is 0 Å². The Hall–Kier alpha value is -1.69. The van der Waals surface area contributed by atoms with E-state index in [2.05, 4.69) is 10.9 Å². The van der Waals surface area contributed by atoms with Gasteiger partial charge in [0.1, 0.15) is 5.75 Å². The summed E-state index contributed by atoms with van der Waals surface area (Å²) in [6.45, 7) is 0. The Morgan fingerprint density at radius 2 is 1.87 bits per heavy atom. The molecule has 1 aromatic carbocycles. The number of carbonyl (C=O) groups excluding carboxylic acids is 2. The second-order valence-electron chi connectivity index (χ2n) is 2.99. The highest BCUT2D eigenvalue weighted by atomic mass is 32.2. The summed E-state index contributed by atoms with van der Waals surface area (Å²) in [5.41, 5.74) is 4.74. The molecule has 0 saturated carbocycles. The molecule has 5 nitrogen and oxygen atoms in total. The minimum Gasteiger partial charge on any atom is -0.272 e. The van der Waals surface area contributed by atoms with E-state index in [1.165, 1.54) is 0 Å². The number of hydrogen-bond acceptors (Lipinski definition) is 3. The molecule has 15 heavy (non-hydrogen) atoms. The van der Waals surface area contributed by atoms with Crippen LogP contribution in [0.4, 0.5) is 0 Å². The third-order valence-corrected chi connectivity index (χ3v) is 3.33. The fourth-order valence-corrected chi connectivity index (χ4v) is 2.38. The molecular weight excluding hydrogens is 216 g/mol. The summed E-state index contributed by atoms with van der Waals surface area (Å²) in [5.74, 6) is -1.06. The Kier molecular flexibility index (Phi) is 2.51. The van der Waals surface area contributed by atoms with Gasteiger partial charge in [0.05, 0.1) is 21.3 Å². The molecule has 78 valence electrons. The van der Waals surface area contributed by atoms with Gasteiger partial charge >= 0.3 is 0 Å². The molecule has 2 rings (SSSR count). The number of hydrazine groups is 1. The van der Waals surface area contributed by atoms with Crippen molar-refractivity contribution in [2.24, 2.45) is 0 Å². The number of rotatable bonds is 0. The van der Waals surface area contributed by atoms with Crippen molar-refractivity contribution in [3.05, 3.63) is 29.8 Å². The van der Waals surface area contributed by atoms with E-state index < -0.39 is 22.6 Å². The molecule has 1 unspecified atom stereocenters. The summed E-state index contributed by atoms with van der Waals surface area (Å²) in [6.07, 6.45) is 0. The van der Waals surface area contributed by atoms with Crippen molar-refractivity contribution in [1.82, 2.24) is 10.9 Å². The maximum absolute atomic E-state index is 11.7. The summed E-state index contributed by atoms with van der Waals surface area (Å²) in [5, 5.41) is 0. The van der Waals surface area contributed by atoms with Crippen molar-refractivity contribution in [2.75, 3.05) is 5.75 Å². The zero-order valence-electron chi connectivity index (χ0n) is 7.65. The van der Waals surface area contributed by atoms with Gasteiger partial charge in [0.2, 0.25) is 0 Å². The first-order valence-electron chi connectivity index (χ1n) is 4.25. The zero-order chi connectivity index (χ0) is 10.8. The molecule has 0 aromatic heterocycles. The second kappa shape index (κ2) is 3.82. The normalized spacial score (nSPS) is 20.7. The number of amides is 2. The largest absolute Gasteiger partial charge is 0.272 e. The van der Waals surface area contributed by atoms with Crippen molar-refractivity contribution in [2.45, 2.75) is 4.90 Å². The molecule has 1 aromatic rings. The van der Waals surface area contributed by atoms with E-state index in [-0.39, 0.29) is 5.75 Å². The first-order valence-corrected chi connectivity index (χ1v) is 5.57. The van der Waals surface area contributed by atoms with Gasteiger partial charge in [-0.15, -0.1) is 0 Å². The van der Waals surface area contributed by atoms with E-state index in [1.807, 2.05) is 0 Å². The summed E-state index contributed by atoms with van der Waals surface area (Å²) >= 11 is 0. The van der Waals surface area contributed by atoms with Gasteiger partial charge in [-0.2, -0.15) is 0 Å². The van der Waals surface area contributed by atoms with Gasteiger partial charge in [-0.05, 0) is 12.1 Å². The molecule has 1 aliphatic rings. The monoisotopic (exact) mass is 224 g/mol. The number of carbonyl (C=O) groups is 2. The van der Waals surface area contributed by atoms with Crippen molar-refractivity contribution in [1.29, 1.82) is 0 Å². The number of benzene rings is 1. The van der Waals surface area contributed by atoms with Crippen LogP contribution >= 0.6 is 0 Å². The summed E-state index contributed by atoms with van der Waals surface area (Å²) in [4.78, 5) is 23.0. The Labute approximate surface area is 88.3 Å². The van der Waals surface area contributed by atoms with E-state index >= 15 is 0 Å². The van der Waals surface area contributed by atoms with Crippen molar-refractivity contribution >= 4 is 22.6 Å². The average Bonchev–Trinajstić information content (AvgIpc) is 2.24. The lowest BCUT2D eigenvalue weighted by Gasteiger charge is -2.14. The van der Waals surface area contributed by atoms with Crippen LogP contribution in [0.1, 0.15) is 10.4 Å². The van der Waals surface area contributed by atoms with E-state index in [0.29, 0.717) is 10.5 Å². The van der Waals surface area contributed by atoms with E-state index in [1.54, 1.807) is 24.3 Å². The number of fused-ring (bicyclic) bond motifs is 1. The van der Waals surface area contributed by atoms with Crippen LogP contribution in [-0.2, 0) is 15.6 Å². The smallest absolute Gasteiger partial charge is 0.270 e. The minimum atomic E-state index is -1.47. The Balaban J connectivity index is 2.51. The first-order chi connectivity index (χ1) is 7.18. The highest BCUT2D eigenvalue weighted by Gasteiger charge is 2.21. The highest BCUT2D eigenvalue weighted by molar-refractivity contribution is 7.85. The van der Waals surface area contributed by atoms with Gasteiger partial charge < -0.3 is 0 Å². The van der Waals surface area contributed by atoms with Gasteiger partial charge in [-0.1, -0.05) is 12.1 Å². The second-order valence-corrected chi connectivity index (χ2v) is 4.41. The van der Waals surface area contributed by atoms with Crippen LogP contribution in [0, 0.1) is 0 Å². The molecular formula is C9H8N2O3S. The number of nitrogens with one attached hydrogen (secondary N) is 2. The predicted octanol–water partition coefficient (Wildman–Crippen LogP) is -0.431. The quantitative estimate of drug-likeness (QED) is 0.628. The van der Waals surface area contributed by atoms with Crippen molar-refractivity contribution in [3.63, 3.8) is 0 Å². The molecule has 0 radical (unpaired) electrons. The molecule has 0 bridgehead atoms. The lowest BCUT2D eigenvalue weighted by Crippen LogP contribution is -2.45. The Bertz CT molecular complexity index is 458. The fraction of sp³-hybridized carbons (Fsp3) is 0.111. The predicted molar refractivity (Wildman–Crippen MR) is 53.3 cm³/mol. The summed E-state index contributed by atoms with van der Waals surface area (Å²) < 4.78 is 11.7. The Morgan fingerprint density at radius 3 is 2.67 bits per heavy atom. The average molecular weight is 224 g/mol. The molecule has 2 amide bonds. The standard InChI is InChI=1S/C9H8N2O3S/c12-8-5-15(14)7-4-2-1-3-6(7)9(13)11-10-8/h1-4H,5H2,(H,10,12)(H,11,13). The zero-order valence-corrected chi connectivity index (χ0v) is 8.47. The molecule has 1 aliphatic heterocycles. The Morgan fingerprint density at radius 1 is 1.13 bits per heavy atom. The van der Waals surface area contributed by atoms with Crippen LogP contribution in [0.15, 0.2) is 29.2 Å². The van der Waals surface area contributed by atoms with Crippen LogP contribution in [-0.4, -0.2) is 21.8 Å². The number of hydrogen-bond donors (Lipinski definition) is 2. The lowest BCUT2D eigenvalue weighted by molar-refractivity contribution is -0.119. The maximum atomic E-state index is 11.7. The molecule has 2 N–H and O–H groups in total. The molecule has 0 spiro atoms. The third-order valence-electron chi connectivity index (χ3n) is 1.95. The van der Waals surface area contributed by atoms with Gasteiger partial charge in [0, 0.05) is 0 Å². The van der Waals surface area contributed by atoms with Gasteiger partial charge in [-0.25, -0.2) is 0 Å². The molecule has 0 aliphatic carbocycles. The lowest BCUT2D eigenvalue weighted by atomic mass is 10.2. The van der Waals surface area contributed by atoms with E-state index in [0.717, 1.165) is 0 Å². The molecule has 0 fully saturated rings. The van der Waals surface area contributed by atoms with E-state index in [4.69, 9.17) is 0 Å². The maximum Gasteiger partial charge on any atom is 0.270 e. The fourth-order valence-electron chi connectivity index (χ4n) is 1.28. The topological polar surface area (TPSA) is 75.3 Å². The van der Waals surface area contributed by atoms with Gasteiger partial charge in [0.15, 0.2) is 0 Å². The summed E-state index contributed by atoms with van der Waals surface area (Å²) in [6, 6.07) is 6.52. The third kappa shape index (κ3) is 1.89. The van der Waals surface area contributed by atoms with E-state index in [9.17, 15) is 13.8 Å². The minimum absolute atomic E-state index is 0.142. The van der Waals surface area contributed by atoms with Crippen LogP contribution < -0.4 is 10.9 Å². The molecule has 1 atom stereocenters. The molecule has 6 heteroatoms. The summed E-state index contributed by atoms with van der Waals surface area (Å²) in [7, 11) is -1.47. The highest BCUT2D eigenvalue weighted by Crippen LogP contribution is 2.14. The van der Waals surface area contributed by atoms with Crippen molar-refractivity contribution in [3.8, 4) is 0 Å². The SMILES string of the molecule is O=C1CS(=O)c2ccccc2C(=O)NN1. The molecule has 1 heterocycles. The molecule has 0 saturated heterocycles. The van der Waals surface area contributed by atoms with Gasteiger partial charge in [0.25, 0.3) is 11.8 Å². The van der Waals surface area contributed by atoms with Crippen LogP contribution in [0.3, 0.4) is 0 Å². The van der Waals surface area contributed by atoms with Crippen LogP contribution in [0.25, 0.3) is 0 Å².